The van der Waals surface area contributed by atoms with Crippen LogP contribution in [0, 0.1) is 5.82 Å². The number of pyridine rings is 1. The van der Waals surface area contributed by atoms with E-state index >= 15 is 0 Å². The number of carbonyl (C=O) groups excluding carboxylic acids is 1. The summed E-state index contributed by atoms with van der Waals surface area (Å²) in [5, 5.41) is 2.53. The van der Waals surface area contributed by atoms with Crippen LogP contribution in [-0.2, 0) is 14.1 Å². The third kappa shape index (κ3) is 4.15. The minimum Gasteiger partial charge on any atom is -0.400 e. The molecule has 1 aromatic heterocycles. The molecule has 0 bridgehead atoms. The van der Waals surface area contributed by atoms with Crippen molar-refractivity contribution in [2.75, 3.05) is 6.54 Å². The maximum atomic E-state index is 13.6. The SMILES string of the molecule is CC(=O)NCC(=Cc1cnc(Cl)c(F)c1)B1OC(C)(C)C(C)(C)O1. The van der Waals surface area contributed by atoms with Crippen LogP contribution >= 0.6 is 11.6 Å². The van der Waals surface area contributed by atoms with Crippen LogP contribution in [0.1, 0.15) is 40.2 Å². The van der Waals surface area contributed by atoms with E-state index in [1.807, 2.05) is 27.7 Å². The van der Waals surface area contributed by atoms with Crippen LogP contribution in [0.25, 0.3) is 6.08 Å². The second-order valence-corrected chi connectivity index (χ2v) is 7.12. The number of halogens is 2. The van der Waals surface area contributed by atoms with E-state index in [1.165, 1.54) is 19.2 Å². The number of hydrogen-bond donors (Lipinski definition) is 1. The van der Waals surface area contributed by atoms with Crippen molar-refractivity contribution in [3.8, 4) is 0 Å². The Labute approximate surface area is 146 Å². The molecule has 5 nitrogen and oxygen atoms in total. The van der Waals surface area contributed by atoms with Crippen molar-refractivity contribution < 1.29 is 18.5 Å². The average molecular weight is 355 g/mol. The Balaban J connectivity index is 2.33. The fraction of sp³-hybridized carbons (Fsp3) is 0.500. The van der Waals surface area contributed by atoms with Gasteiger partial charge >= 0.3 is 7.12 Å². The van der Waals surface area contributed by atoms with E-state index in [0.29, 0.717) is 11.0 Å². The monoisotopic (exact) mass is 354 g/mol. The Hall–Kier alpha value is -1.44. The maximum Gasteiger partial charge on any atom is 0.492 e. The summed E-state index contributed by atoms with van der Waals surface area (Å²) in [7, 11) is -0.652. The molecule has 2 heterocycles. The highest BCUT2D eigenvalue weighted by molar-refractivity contribution is 6.56. The van der Waals surface area contributed by atoms with Gasteiger partial charge in [-0.2, -0.15) is 0 Å². The molecule has 0 aliphatic carbocycles. The standard InChI is InChI=1S/C16H21BClFN2O3/c1-10(22)20-9-12(6-11-7-13(19)14(18)21-8-11)17-23-15(2,3)16(4,5)24-17/h6-8H,9H2,1-5H3,(H,20,22). The van der Waals surface area contributed by atoms with Crippen LogP contribution in [-0.4, -0.2) is 35.8 Å². The molecule has 1 aromatic rings. The summed E-state index contributed by atoms with van der Waals surface area (Å²) in [4.78, 5) is 15.0. The zero-order valence-electron chi connectivity index (χ0n) is 14.4. The average Bonchev–Trinajstić information content (AvgIpc) is 2.67. The third-order valence-corrected chi connectivity index (χ3v) is 4.55. The van der Waals surface area contributed by atoms with E-state index in [-0.39, 0.29) is 17.6 Å². The van der Waals surface area contributed by atoms with Crippen LogP contribution in [0.4, 0.5) is 4.39 Å². The Morgan fingerprint density at radius 1 is 1.38 bits per heavy atom. The van der Waals surface area contributed by atoms with Crippen molar-refractivity contribution in [2.45, 2.75) is 45.8 Å². The van der Waals surface area contributed by atoms with Crippen molar-refractivity contribution in [1.29, 1.82) is 0 Å². The summed E-state index contributed by atoms with van der Waals surface area (Å²) >= 11 is 5.61. The molecule has 1 aliphatic rings. The Morgan fingerprint density at radius 3 is 2.46 bits per heavy atom. The summed E-state index contributed by atoms with van der Waals surface area (Å²) in [6.45, 7) is 9.39. The molecule has 1 aliphatic heterocycles. The predicted octanol–water partition coefficient (Wildman–Crippen LogP) is 3.03. The number of nitrogens with zero attached hydrogens (tertiary/aromatic N) is 1. The lowest BCUT2D eigenvalue weighted by molar-refractivity contribution is -0.118. The molecular weight excluding hydrogens is 333 g/mol. The molecule has 24 heavy (non-hydrogen) atoms. The molecule has 0 unspecified atom stereocenters. The van der Waals surface area contributed by atoms with E-state index in [4.69, 9.17) is 20.9 Å². The van der Waals surface area contributed by atoms with Crippen LogP contribution in [0.15, 0.2) is 17.7 Å². The molecule has 0 atom stereocenters. The van der Waals surface area contributed by atoms with Gasteiger partial charge in [-0.3, -0.25) is 4.79 Å². The number of hydrogen-bond acceptors (Lipinski definition) is 4. The van der Waals surface area contributed by atoms with Crippen molar-refractivity contribution in [3.05, 3.63) is 34.3 Å². The summed E-state index contributed by atoms with van der Waals surface area (Å²) in [5.41, 5.74) is 0.131. The van der Waals surface area contributed by atoms with Gasteiger partial charge in [-0.1, -0.05) is 17.7 Å². The van der Waals surface area contributed by atoms with Gasteiger partial charge in [0.05, 0.1) is 11.2 Å². The molecule has 8 heteroatoms. The van der Waals surface area contributed by atoms with Crippen molar-refractivity contribution in [2.24, 2.45) is 0 Å². The Bertz CT molecular complexity index is 663. The molecule has 1 amide bonds. The van der Waals surface area contributed by atoms with Gasteiger partial charge < -0.3 is 14.6 Å². The van der Waals surface area contributed by atoms with Gasteiger partial charge in [-0.05, 0) is 44.8 Å². The Kier molecular flexibility index (Phi) is 5.37. The molecule has 130 valence electrons. The predicted molar refractivity (Wildman–Crippen MR) is 91.9 cm³/mol. The second kappa shape index (κ2) is 6.82. The molecule has 0 spiro atoms. The fourth-order valence-corrected chi connectivity index (χ4v) is 2.26. The van der Waals surface area contributed by atoms with Gasteiger partial charge in [0.2, 0.25) is 5.91 Å². The van der Waals surface area contributed by atoms with E-state index < -0.39 is 24.1 Å². The molecule has 1 N–H and O–H groups in total. The summed E-state index contributed by atoms with van der Waals surface area (Å²) in [6, 6.07) is 1.27. The number of carbonyl (C=O) groups is 1. The first-order chi connectivity index (χ1) is 11.0. The lowest BCUT2D eigenvalue weighted by atomic mass is 9.77. The topological polar surface area (TPSA) is 60.5 Å². The quantitative estimate of drug-likeness (QED) is 0.667. The van der Waals surface area contributed by atoms with Crippen LogP contribution in [0.5, 0.6) is 0 Å². The first-order valence-electron chi connectivity index (χ1n) is 7.63. The van der Waals surface area contributed by atoms with Crippen molar-refractivity contribution in [3.63, 3.8) is 0 Å². The Morgan fingerprint density at radius 2 is 1.96 bits per heavy atom. The highest BCUT2D eigenvalue weighted by atomic mass is 35.5. The largest absolute Gasteiger partial charge is 0.492 e. The molecule has 1 saturated heterocycles. The molecule has 2 rings (SSSR count). The van der Waals surface area contributed by atoms with Crippen LogP contribution < -0.4 is 5.32 Å². The number of aromatic nitrogens is 1. The summed E-state index contributed by atoms with van der Waals surface area (Å²) in [6.07, 6.45) is 3.13. The van der Waals surface area contributed by atoms with E-state index in [9.17, 15) is 9.18 Å². The molecule has 0 radical (unpaired) electrons. The second-order valence-electron chi connectivity index (χ2n) is 6.76. The first kappa shape index (κ1) is 18.9. The summed E-state index contributed by atoms with van der Waals surface area (Å²) < 4.78 is 25.6. The van der Waals surface area contributed by atoms with E-state index in [1.54, 1.807) is 6.08 Å². The zero-order chi connectivity index (χ0) is 18.1. The maximum absolute atomic E-state index is 13.6. The minimum absolute atomic E-state index is 0.183. The zero-order valence-corrected chi connectivity index (χ0v) is 15.2. The van der Waals surface area contributed by atoms with Crippen molar-refractivity contribution in [1.82, 2.24) is 10.3 Å². The molecule has 0 saturated carbocycles. The van der Waals surface area contributed by atoms with E-state index in [2.05, 4.69) is 10.3 Å². The lowest BCUT2D eigenvalue weighted by Crippen LogP contribution is -2.41. The van der Waals surface area contributed by atoms with Gasteiger partial charge in [0.15, 0.2) is 11.0 Å². The minimum atomic E-state index is -0.652. The number of amides is 1. The van der Waals surface area contributed by atoms with Gasteiger partial charge in [0, 0.05) is 19.7 Å². The highest BCUT2D eigenvalue weighted by Crippen LogP contribution is 2.38. The molecule has 0 aromatic carbocycles. The number of nitrogens with one attached hydrogen (secondary N) is 1. The normalized spacial score (nSPS) is 19.5. The van der Waals surface area contributed by atoms with Crippen LogP contribution in [0.2, 0.25) is 5.15 Å². The van der Waals surface area contributed by atoms with Gasteiger partial charge in [-0.15, -0.1) is 0 Å². The van der Waals surface area contributed by atoms with Gasteiger partial charge in [0.25, 0.3) is 0 Å². The first-order valence-corrected chi connectivity index (χ1v) is 8.01. The van der Waals surface area contributed by atoms with Crippen molar-refractivity contribution >= 4 is 30.7 Å². The third-order valence-electron chi connectivity index (χ3n) is 4.27. The smallest absolute Gasteiger partial charge is 0.400 e. The number of rotatable bonds is 4. The molecular formula is C16H21BClFN2O3. The fourth-order valence-electron chi connectivity index (χ4n) is 2.15. The van der Waals surface area contributed by atoms with Gasteiger partial charge in [-0.25, -0.2) is 9.37 Å². The van der Waals surface area contributed by atoms with Gasteiger partial charge in [0.1, 0.15) is 0 Å². The summed E-state index contributed by atoms with van der Waals surface area (Å²) in [5.74, 6) is -0.795. The van der Waals surface area contributed by atoms with E-state index in [0.717, 1.165) is 0 Å². The molecule has 1 fully saturated rings. The lowest BCUT2D eigenvalue weighted by Gasteiger charge is -2.32. The highest BCUT2D eigenvalue weighted by Gasteiger charge is 2.52. The van der Waals surface area contributed by atoms with Crippen LogP contribution in [0.3, 0.4) is 0 Å².